The summed E-state index contributed by atoms with van der Waals surface area (Å²) in [5, 5.41) is 0.371. The van der Waals surface area contributed by atoms with Crippen LogP contribution in [0.15, 0.2) is 18.2 Å². The lowest BCUT2D eigenvalue weighted by molar-refractivity contribution is 0.321. The smallest absolute Gasteiger partial charge is 0.201 e. The minimum atomic E-state index is -0.449. The van der Waals surface area contributed by atoms with Crippen LogP contribution in [-0.2, 0) is 7.05 Å². The zero-order valence-electron chi connectivity index (χ0n) is 10.1. The van der Waals surface area contributed by atoms with Crippen molar-refractivity contribution < 1.29 is 9.13 Å². The van der Waals surface area contributed by atoms with Crippen molar-refractivity contribution in [2.45, 2.75) is 6.92 Å². The standard InChI is InChI=1S/C12H13ClFN3O/c1-3-18-9-5-4-7(6-8(9)14)10-11(13)17(2)12(15)16-10/h4-6H,3H2,1-2H3,(H2,15,16). The Bertz CT molecular complexity index is 583. The molecule has 0 aliphatic heterocycles. The third-order valence-corrected chi connectivity index (χ3v) is 3.00. The monoisotopic (exact) mass is 269 g/mol. The molecular weight excluding hydrogens is 257 g/mol. The highest BCUT2D eigenvalue weighted by atomic mass is 35.5. The average molecular weight is 270 g/mol. The predicted octanol–water partition coefficient (Wildman–Crippen LogP) is 2.86. The minimum Gasteiger partial charge on any atom is -0.491 e. The summed E-state index contributed by atoms with van der Waals surface area (Å²) in [6.45, 7) is 2.21. The quantitative estimate of drug-likeness (QED) is 0.932. The summed E-state index contributed by atoms with van der Waals surface area (Å²) in [6, 6.07) is 4.58. The Labute approximate surface area is 109 Å². The number of rotatable bonds is 3. The first-order valence-corrected chi connectivity index (χ1v) is 5.82. The lowest BCUT2D eigenvalue weighted by atomic mass is 10.1. The van der Waals surface area contributed by atoms with Crippen molar-refractivity contribution >= 4 is 17.5 Å². The Kier molecular flexibility index (Phi) is 3.43. The summed E-state index contributed by atoms with van der Waals surface area (Å²) in [5.41, 5.74) is 6.66. The fourth-order valence-corrected chi connectivity index (χ4v) is 1.84. The third kappa shape index (κ3) is 2.13. The number of halogens is 2. The summed E-state index contributed by atoms with van der Waals surface area (Å²) in [7, 11) is 1.69. The molecule has 2 aromatic rings. The summed E-state index contributed by atoms with van der Waals surface area (Å²) in [5.74, 6) is 0.0419. The van der Waals surface area contributed by atoms with E-state index in [1.807, 2.05) is 0 Å². The largest absolute Gasteiger partial charge is 0.491 e. The van der Waals surface area contributed by atoms with E-state index in [1.54, 1.807) is 26.1 Å². The third-order valence-electron chi connectivity index (χ3n) is 2.57. The summed E-state index contributed by atoms with van der Waals surface area (Å²) in [6.07, 6.45) is 0. The second-order valence-electron chi connectivity index (χ2n) is 3.75. The highest BCUT2D eigenvalue weighted by Crippen LogP contribution is 2.31. The second-order valence-corrected chi connectivity index (χ2v) is 4.10. The van der Waals surface area contributed by atoms with E-state index in [1.165, 1.54) is 10.6 Å². The van der Waals surface area contributed by atoms with Gasteiger partial charge in [-0.2, -0.15) is 0 Å². The molecule has 0 atom stereocenters. The number of hydrogen-bond donors (Lipinski definition) is 1. The summed E-state index contributed by atoms with van der Waals surface area (Å²) in [4.78, 5) is 4.10. The van der Waals surface area contributed by atoms with Crippen molar-refractivity contribution in [1.82, 2.24) is 9.55 Å². The molecule has 0 spiro atoms. The van der Waals surface area contributed by atoms with Gasteiger partial charge < -0.3 is 15.0 Å². The average Bonchev–Trinajstić information content (AvgIpc) is 2.60. The number of nitrogens with zero attached hydrogens (tertiary/aromatic N) is 2. The summed E-state index contributed by atoms with van der Waals surface area (Å²) >= 11 is 6.07. The molecule has 18 heavy (non-hydrogen) atoms. The number of benzene rings is 1. The van der Waals surface area contributed by atoms with Crippen LogP contribution in [0.25, 0.3) is 11.3 Å². The number of anilines is 1. The lowest BCUT2D eigenvalue weighted by Gasteiger charge is -2.05. The maximum absolute atomic E-state index is 13.7. The molecule has 96 valence electrons. The Morgan fingerprint density at radius 3 is 2.72 bits per heavy atom. The predicted molar refractivity (Wildman–Crippen MR) is 69.2 cm³/mol. The van der Waals surface area contributed by atoms with Gasteiger partial charge in [-0.1, -0.05) is 11.6 Å². The first kappa shape index (κ1) is 12.7. The highest BCUT2D eigenvalue weighted by molar-refractivity contribution is 6.32. The topological polar surface area (TPSA) is 53.1 Å². The van der Waals surface area contributed by atoms with Crippen LogP contribution >= 0.6 is 11.6 Å². The fraction of sp³-hybridized carbons (Fsp3) is 0.250. The zero-order chi connectivity index (χ0) is 13.3. The Morgan fingerprint density at radius 2 is 2.22 bits per heavy atom. The van der Waals surface area contributed by atoms with Crippen LogP contribution in [0.3, 0.4) is 0 Å². The van der Waals surface area contributed by atoms with Crippen molar-refractivity contribution in [3.8, 4) is 17.0 Å². The van der Waals surface area contributed by atoms with Crippen molar-refractivity contribution in [2.24, 2.45) is 7.05 Å². The lowest BCUT2D eigenvalue weighted by Crippen LogP contribution is -1.96. The van der Waals surface area contributed by atoms with Crippen LogP contribution < -0.4 is 10.5 Å². The molecule has 1 aromatic heterocycles. The van der Waals surface area contributed by atoms with Gasteiger partial charge in [0.2, 0.25) is 5.95 Å². The first-order chi connectivity index (χ1) is 8.54. The van der Waals surface area contributed by atoms with E-state index in [9.17, 15) is 4.39 Å². The molecule has 6 heteroatoms. The molecule has 0 fully saturated rings. The van der Waals surface area contributed by atoms with Crippen LogP contribution in [-0.4, -0.2) is 16.2 Å². The number of aromatic nitrogens is 2. The van der Waals surface area contributed by atoms with Gasteiger partial charge in [0.05, 0.1) is 6.61 Å². The SMILES string of the molecule is CCOc1ccc(-c2nc(N)n(C)c2Cl)cc1F. The molecule has 0 bridgehead atoms. The molecule has 0 saturated carbocycles. The van der Waals surface area contributed by atoms with E-state index < -0.39 is 5.82 Å². The molecular formula is C12H13ClFN3O. The van der Waals surface area contributed by atoms with Crippen molar-refractivity contribution in [3.05, 3.63) is 29.2 Å². The fourth-order valence-electron chi connectivity index (χ4n) is 1.60. The Hall–Kier alpha value is -1.75. The molecule has 0 aliphatic carbocycles. The van der Waals surface area contributed by atoms with E-state index in [-0.39, 0.29) is 11.7 Å². The van der Waals surface area contributed by atoms with E-state index in [2.05, 4.69) is 4.98 Å². The van der Waals surface area contributed by atoms with Gasteiger partial charge in [0.15, 0.2) is 11.6 Å². The van der Waals surface area contributed by atoms with Gasteiger partial charge in [0.25, 0.3) is 0 Å². The van der Waals surface area contributed by atoms with Crippen LogP contribution in [0, 0.1) is 5.82 Å². The van der Waals surface area contributed by atoms with E-state index in [0.29, 0.717) is 23.0 Å². The minimum absolute atomic E-state index is 0.210. The van der Waals surface area contributed by atoms with Crippen LogP contribution in [0.2, 0.25) is 5.15 Å². The Balaban J connectivity index is 2.45. The van der Waals surface area contributed by atoms with Crippen LogP contribution in [0.1, 0.15) is 6.92 Å². The van der Waals surface area contributed by atoms with Crippen molar-refractivity contribution in [2.75, 3.05) is 12.3 Å². The van der Waals surface area contributed by atoms with Gasteiger partial charge in [-0.15, -0.1) is 0 Å². The maximum atomic E-state index is 13.7. The number of nitrogens with two attached hydrogens (primary N) is 1. The number of hydrogen-bond acceptors (Lipinski definition) is 3. The number of imidazole rings is 1. The second kappa shape index (κ2) is 4.86. The van der Waals surface area contributed by atoms with Gasteiger partial charge in [-0.05, 0) is 25.1 Å². The van der Waals surface area contributed by atoms with Gasteiger partial charge in [0, 0.05) is 12.6 Å². The van der Waals surface area contributed by atoms with Gasteiger partial charge in [0.1, 0.15) is 10.8 Å². The molecule has 4 nitrogen and oxygen atoms in total. The molecule has 0 amide bonds. The first-order valence-electron chi connectivity index (χ1n) is 5.45. The number of nitrogen functional groups attached to an aromatic ring is 1. The molecule has 0 unspecified atom stereocenters. The zero-order valence-corrected chi connectivity index (χ0v) is 10.8. The molecule has 2 rings (SSSR count). The summed E-state index contributed by atoms with van der Waals surface area (Å²) < 4.78 is 20.4. The molecule has 0 aliphatic rings. The van der Waals surface area contributed by atoms with Gasteiger partial charge in [-0.25, -0.2) is 9.37 Å². The molecule has 0 saturated heterocycles. The molecule has 0 radical (unpaired) electrons. The van der Waals surface area contributed by atoms with Gasteiger partial charge >= 0.3 is 0 Å². The van der Waals surface area contributed by atoms with Gasteiger partial charge in [-0.3, -0.25) is 0 Å². The Morgan fingerprint density at radius 1 is 1.50 bits per heavy atom. The van der Waals surface area contributed by atoms with E-state index in [4.69, 9.17) is 22.1 Å². The maximum Gasteiger partial charge on any atom is 0.201 e. The van der Waals surface area contributed by atoms with E-state index >= 15 is 0 Å². The normalized spacial score (nSPS) is 10.7. The van der Waals surface area contributed by atoms with E-state index in [0.717, 1.165) is 0 Å². The van der Waals surface area contributed by atoms with Crippen molar-refractivity contribution in [1.29, 1.82) is 0 Å². The molecule has 1 heterocycles. The highest BCUT2D eigenvalue weighted by Gasteiger charge is 2.14. The van der Waals surface area contributed by atoms with Crippen LogP contribution in [0.4, 0.5) is 10.3 Å². The van der Waals surface area contributed by atoms with Crippen LogP contribution in [0.5, 0.6) is 5.75 Å². The molecule has 1 aromatic carbocycles. The molecule has 2 N–H and O–H groups in total. The number of ether oxygens (including phenoxy) is 1. The van der Waals surface area contributed by atoms with Crippen molar-refractivity contribution in [3.63, 3.8) is 0 Å².